The van der Waals surface area contributed by atoms with Gasteiger partial charge in [-0.1, -0.05) is 30.8 Å². The smallest absolute Gasteiger partial charge is 0.137 e. The van der Waals surface area contributed by atoms with Gasteiger partial charge in [-0.3, -0.25) is 4.98 Å². The molecule has 1 N–H and O–H groups in total. The quantitative estimate of drug-likeness (QED) is 0.892. The van der Waals surface area contributed by atoms with Crippen LogP contribution in [0.5, 0.6) is 0 Å². The van der Waals surface area contributed by atoms with E-state index in [4.69, 9.17) is 0 Å². The standard InChI is InChI=1S/C15H17FN2S/c1-3-17-11(2)14-9-8-12(10-18-14)19-15-7-5-4-6-13(15)16/h4-11,17H,3H2,1-2H3. The Morgan fingerprint density at radius 2 is 2.05 bits per heavy atom. The molecule has 0 amide bonds. The normalized spacial score (nSPS) is 12.4. The zero-order valence-corrected chi connectivity index (χ0v) is 11.9. The first-order valence-electron chi connectivity index (χ1n) is 6.32. The summed E-state index contributed by atoms with van der Waals surface area (Å²) in [6.07, 6.45) is 1.79. The maximum atomic E-state index is 13.5. The van der Waals surface area contributed by atoms with Gasteiger partial charge in [0.2, 0.25) is 0 Å². The second-order valence-electron chi connectivity index (χ2n) is 4.23. The molecule has 2 nitrogen and oxygen atoms in total. The molecule has 0 radical (unpaired) electrons. The molecule has 0 saturated heterocycles. The molecule has 0 aliphatic heterocycles. The molecule has 0 saturated carbocycles. The number of aromatic nitrogens is 1. The van der Waals surface area contributed by atoms with Gasteiger partial charge in [-0.2, -0.15) is 0 Å². The lowest BCUT2D eigenvalue weighted by Crippen LogP contribution is -2.18. The Morgan fingerprint density at radius 3 is 2.68 bits per heavy atom. The van der Waals surface area contributed by atoms with Crippen LogP contribution in [0, 0.1) is 5.82 Å². The summed E-state index contributed by atoms with van der Waals surface area (Å²) in [6, 6.07) is 11.0. The third kappa shape index (κ3) is 3.78. The van der Waals surface area contributed by atoms with E-state index in [9.17, 15) is 4.39 Å². The highest BCUT2D eigenvalue weighted by molar-refractivity contribution is 7.99. The summed E-state index contributed by atoms with van der Waals surface area (Å²) in [5, 5.41) is 3.31. The molecule has 0 bridgehead atoms. The van der Waals surface area contributed by atoms with Gasteiger partial charge < -0.3 is 5.32 Å². The summed E-state index contributed by atoms with van der Waals surface area (Å²) in [7, 11) is 0. The average Bonchev–Trinajstić information content (AvgIpc) is 2.42. The number of hydrogen-bond donors (Lipinski definition) is 1. The lowest BCUT2D eigenvalue weighted by atomic mass is 10.2. The molecule has 1 atom stereocenters. The van der Waals surface area contributed by atoms with E-state index >= 15 is 0 Å². The molecule has 1 heterocycles. The van der Waals surface area contributed by atoms with Gasteiger partial charge in [0, 0.05) is 22.0 Å². The predicted octanol–water partition coefficient (Wildman–Crippen LogP) is 4.04. The fourth-order valence-corrected chi connectivity index (χ4v) is 2.58. The van der Waals surface area contributed by atoms with Gasteiger partial charge in [0.1, 0.15) is 5.82 Å². The van der Waals surface area contributed by atoms with Crippen LogP contribution in [0.3, 0.4) is 0 Å². The van der Waals surface area contributed by atoms with Crippen molar-refractivity contribution in [2.75, 3.05) is 6.54 Å². The fraction of sp³-hybridized carbons (Fsp3) is 0.267. The molecule has 2 aromatic rings. The van der Waals surface area contributed by atoms with Crippen LogP contribution in [0.4, 0.5) is 4.39 Å². The maximum absolute atomic E-state index is 13.5. The fourth-order valence-electron chi connectivity index (χ4n) is 1.77. The first-order chi connectivity index (χ1) is 9.20. The van der Waals surface area contributed by atoms with Crippen molar-refractivity contribution in [2.24, 2.45) is 0 Å². The van der Waals surface area contributed by atoms with Gasteiger partial charge in [0.05, 0.1) is 5.69 Å². The Balaban J connectivity index is 2.09. The zero-order chi connectivity index (χ0) is 13.7. The molecule has 1 unspecified atom stereocenters. The van der Waals surface area contributed by atoms with Crippen LogP contribution in [-0.4, -0.2) is 11.5 Å². The number of rotatable bonds is 5. The summed E-state index contributed by atoms with van der Waals surface area (Å²) >= 11 is 1.39. The highest BCUT2D eigenvalue weighted by atomic mass is 32.2. The Kier molecular flexibility index (Phi) is 4.93. The first-order valence-corrected chi connectivity index (χ1v) is 7.14. The molecule has 0 fully saturated rings. The van der Waals surface area contributed by atoms with Crippen LogP contribution in [-0.2, 0) is 0 Å². The largest absolute Gasteiger partial charge is 0.309 e. The lowest BCUT2D eigenvalue weighted by Gasteiger charge is -2.11. The third-order valence-corrected chi connectivity index (χ3v) is 3.81. The highest BCUT2D eigenvalue weighted by Crippen LogP contribution is 2.29. The Labute approximate surface area is 117 Å². The first kappa shape index (κ1) is 14.0. The molecule has 0 spiro atoms. The summed E-state index contributed by atoms with van der Waals surface area (Å²) in [5.74, 6) is -0.197. The van der Waals surface area contributed by atoms with E-state index < -0.39 is 0 Å². The minimum absolute atomic E-state index is 0.197. The van der Waals surface area contributed by atoms with E-state index in [1.807, 2.05) is 18.2 Å². The second-order valence-corrected chi connectivity index (χ2v) is 5.35. The Hall–Kier alpha value is -1.39. The van der Waals surface area contributed by atoms with E-state index in [0.717, 1.165) is 17.1 Å². The second kappa shape index (κ2) is 6.68. The SMILES string of the molecule is CCNC(C)c1ccc(Sc2ccccc2F)cn1. The van der Waals surface area contributed by atoms with Gasteiger partial charge in [-0.15, -0.1) is 0 Å². The minimum Gasteiger partial charge on any atom is -0.309 e. The zero-order valence-electron chi connectivity index (χ0n) is 11.1. The average molecular weight is 276 g/mol. The Bertz CT molecular complexity index is 528. The van der Waals surface area contributed by atoms with Crippen molar-refractivity contribution in [2.45, 2.75) is 29.7 Å². The Morgan fingerprint density at radius 1 is 1.26 bits per heavy atom. The minimum atomic E-state index is -0.197. The van der Waals surface area contributed by atoms with E-state index in [-0.39, 0.29) is 11.9 Å². The molecule has 19 heavy (non-hydrogen) atoms. The van der Waals surface area contributed by atoms with Crippen LogP contribution in [0.2, 0.25) is 0 Å². The van der Waals surface area contributed by atoms with Gasteiger partial charge >= 0.3 is 0 Å². The molecular formula is C15H17FN2S. The molecule has 1 aromatic heterocycles. The van der Waals surface area contributed by atoms with E-state index in [2.05, 4.69) is 24.1 Å². The van der Waals surface area contributed by atoms with Crippen molar-refractivity contribution >= 4 is 11.8 Å². The summed E-state index contributed by atoms with van der Waals surface area (Å²) in [5.41, 5.74) is 1.000. The van der Waals surface area contributed by atoms with Gasteiger partial charge in [0.25, 0.3) is 0 Å². The molecule has 2 rings (SSSR count). The number of nitrogens with one attached hydrogen (secondary N) is 1. The molecule has 1 aromatic carbocycles. The highest BCUT2D eigenvalue weighted by Gasteiger charge is 2.07. The number of hydrogen-bond acceptors (Lipinski definition) is 3. The van der Waals surface area contributed by atoms with Crippen molar-refractivity contribution < 1.29 is 4.39 Å². The molecular weight excluding hydrogens is 259 g/mol. The van der Waals surface area contributed by atoms with Crippen molar-refractivity contribution in [3.8, 4) is 0 Å². The van der Waals surface area contributed by atoms with Gasteiger partial charge in [0.15, 0.2) is 0 Å². The van der Waals surface area contributed by atoms with Gasteiger partial charge in [-0.25, -0.2) is 4.39 Å². The topological polar surface area (TPSA) is 24.9 Å². The monoisotopic (exact) mass is 276 g/mol. The number of nitrogens with zero attached hydrogens (tertiary/aromatic N) is 1. The van der Waals surface area contributed by atoms with Crippen molar-refractivity contribution in [3.05, 3.63) is 54.1 Å². The van der Waals surface area contributed by atoms with Crippen LogP contribution in [0.15, 0.2) is 52.4 Å². The third-order valence-electron chi connectivity index (χ3n) is 2.78. The summed E-state index contributed by atoms with van der Waals surface area (Å²) in [4.78, 5) is 5.98. The van der Waals surface area contributed by atoms with E-state index in [1.165, 1.54) is 17.8 Å². The molecule has 0 aliphatic carbocycles. The van der Waals surface area contributed by atoms with Crippen molar-refractivity contribution in [1.29, 1.82) is 0 Å². The number of pyridine rings is 1. The summed E-state index contributed by atoms with van der Waals surface area (Å²) in [6.45, 7) is 5.06. The predicted molar refractivity (Wildman–Crippen MR) is 76.9 cm³/mol. The van der Waals surface area contributed by atoms with E-state index in [0.29, 0.717) is 4.90 Å². The van der Waals surface area contributed by atoms with Crippen LogP contribution < -0.4 is 5.32 Å². The van der Waals surface area contributed by atoms with Crippen molar-refractivity contribution in [1.82, 2.24) is 10.3 Å². The maximum Gasteiger partial charge on any atom is 0.137 e. The van der Waals surface area contributed by atoms with E-state index in [1.54, 1.807) is 18.3 Å². The summed E-state index contributed by atoms with van der Waals surface area (Å²) < 4.78 is 13.5. The number of halogens is 1. The van der Waals surface area contributed by atoms with Crippen molar-refractivity contribution in [3.63, 3.8) is 0 Å². The van der Waals surface area contributed by atoms with Crippen LogP contribution in [0.1, 0.15) is 25.6 Å². The van der Waals surface area contributed by atoms with Crippen LogP contribution in [0.25, 0.3) is 0 Å². The lowest BCUT2D eigenvalue weighted by molar-refractivity contribution is 0.582. The molecule has 4 heteroatoms. The van der Waals surface area contributed by atoms with Gasteiger partial charge in [-0.05, 0) is 37.7 Å². The number of benzene rings is 1. The van der Waals surface area contributed by atoms with Crippen LogP contribution >= 0.6 is 11.8 Å². The molecule has 100 valence electrons. The molecule has 0 aliphatic rings.